The third-order valence-electron chi connectivity index (χ3n) is 3.99. The Balaban J connectivity index is 2.26. The van der Waals surface area contributed by atoms with Crippen molar-refractivity contribution in [2.24, 2.45) is 0 Å². The van der Waals surface area contributed by atoms with Gasteiger partial charge in [0.15, 0.2) is 0 Å². The Hall–Kier alpha value is -1.95. The quantitative estimate of drug-likeness (QED) is 0.683. The van der Waals surface area contributed by atoms with E-state index in [1.165, 1.54) is 6.07 Å². The maximum Gasteiger partial charge on any atom is 0.282 e. The van der Waals surface area contributed by atoms with E-state index >= 15 is 0 Å². The van der Waals surface area contributed by atoms with Crippen LogP contribution in [0.1, 0.15) is 35.2 Å². The number of nitrogens with zero attached hydrogens (tertiary/aromatic N) is 2. The number of hydrogen-bond donors (Lipinski definition) is 1. The van der Waals surface area contributed by atoms with Crippen LogP contribution < -0.4 is 5.32 Å². The molecule has 0 aliphatic carbocycles. The summed E-state index contributed by atoms with van der Waals surface area (Å²) in [6.07, 6.45) is 2.81. The lowest BCUT2D eigenvalue weighted by molar-refractivity contribution is -0.385. The average molecular weight is 291 g/mol. The van der Waals surface area contributed by atoms with Gasteiger partial charge in [0.25, 0.3) is 11.6 Å². The number of benzene rings is 1. The molecular formula is C15H21N3O3. The molecule has 1 unspecified atom stereocenters. The summed E-state index contributed by atoms with van der Waals surface area (Å²) in [7, 11) is 1.74. The molecule has 2 rings (SSSR count). The van der Waals surface area contributed by atoms with Gasteiger partial charge in [0.2, 0.25) is 0 Å². The molecule has 1 heterocycles. The van der Waals surface area contributed by atoms with Crippen molar-refractivity contribution in [3.8, 4) is 0 Å². The summed E-state index contributed by atoms with van der Waals surface area (Å²) in [4.78, 5) is 24.9. The summed E-state index contributed by atoms with van der Waals surface area (Å²) in [6.45, 7) is 3.66. The normalized spacial score (nSPS) is 18.9. The lowest BCUT2D eigenvalue weighted by Crippen LogP contribution is -2.37. The predicted molar refractivity (Wildman–Crippen MR) is 80.4 cm³/mol. The number of amides is 1. The molecule has 0 bridgehead atoms. The van der Waals surface area contributed by atoms with Gasteiger partial charge in [-0.2, -0.15) is 0 Å². The Morgan fingerprint density at radius 2 is 2.14 bits per heavy atom. The van der Waals surface area contributed by atoms with Crippen LogP contribution in [0, 0.1) is 17.0 Å². The van der Waals surface area contributed by atoms with Crippen molar-refractivity contribution in [1.82, 2.24) is 10.2 Å². The number of hydrogen-bond acceptors (Lipinski definition) is 4. The molecule has 1 aliphatic heterocycles. The second-order valence-corrected chi connectivity index (χ2v) is 5.53. The van der Waals surface area contributed by atoms with Crippen LogP contribution in [0.2, 0.25) is 0 Å². The van der Waals surface area contributed by atoms with E-state index in [-0.39, 0.29) is 23.2 Å². The van der Waals surface area contributed by atoms with E-state index < -0.39 is 4.92 Å². The van der Waals surface area contributed by atoms with Gasteiger partial charge in [-0.1, -0.05) is 6.07 Å². The largest absolute Gasteiger partial charge is 0.338 e. The van der Waals surface area contributed by atoms with Gasteiger partial charge in [-0.3, -0.25) is 14.9 Å². The summed E-state index contributed by atoms with van der Waals surface area (Å²) in [5.74, 6) is -0.266. The maximum atomic E-state index is 12.6. The number of rotatable bonds is 3. The van der Waals surface area contributed by atoms with Crippen LogP contribution >= 0.6 is 0 Å². The minimum absolute atomic E-state index is 0.121. The fourth-order valence-electron chi connectivity index (χ4n) is 2.72. The Morgan fingerprint density at radius 3 is 2.86 bits per heavy atom. The first-order valence-corrected chi connectivity index (χ1v) is 7.23. The molecule has 1 amide bonds. The second-order valence-electron chi connectivity index (χ2n) is 5.53. The van der Waals surface area contributed by atoms with Crippen LogP contribution in [0.25, 0.3) is 0 Å². The minimum Gasteiger partial charge on any atom is -0.338 e. The van der Waals surface area contributed by atoms with E-state index in [9.17, 15) is 14.9 Å². The summed E-state index contributed by atoms with van der Waals surface area (Å²) in [5, 5.41) is 14.4. The van der Waals surface area contributed by atoms with Crippen LogP contribution in [0.4, 0.5) is 5.69 Å². The second kappa shape index (κ2) is 6.67. The molecular weight excluding hydrogens is 270 g/mol. The molecule has 1 N–H and O–H groups in total. The smallest absolute Gasteiger partial charge is 0.282 e. The van der Waals surface area contributed by atoms with Gasteiger partial charge in [0.1, 0.15) is 5.56 Å². The monoisotopic (exact) mass is 291 g/mol. The number of nitro benzene ring substituents is 1. The molecule has 1 atom stereocenters. The zero-order chi connectivity index (χ0) is 15.4. The van der Waals surface area contributed by atoms with Crippen LogP contribution in [-0.4, -0.2) is 41.9 Å². The number of carbonyl (C=O) groups excluding carboxylic acids is 1. The molecule has 0 saturated carbocycles. The van der Waals surface area contributed by atoms with Gasteiger partial charge in [-0.25, -0.2) is 0 Å². The molecule has 1 fully saturated rings. The molecule has 114 valence electrons. The maximum absolute atomic E-state index is 12.6. The summed E-state index contributed by atoms with van der Waals surface area (Å²) in [5.41, 5.74) is 0.906. The molecule has 0 radical (unpaired) electrons. The van der Waals surface area contributed by atoms with Crippen LogP contribution in [-0.2, 0) is 0 Å². The van der Waals surface area contributed by atoms with Crippen LogP contribution in [0.5, 0.6) is 0 Å². The van der Waals surface area contributed by atoms with E-state index in [0.717, 1.165) is 37.9 Å². The first-order valence-electron chi connectivity index (χ1n) is 7.23. The number of nitro groups is 1. The van der Waals surface area contributed by atoms with E-state index in [0.29, 0.717) is 0 Å². The van der Waals surface area contributed by atoms with Gasteiger partial charge >= 0.3 is 0 Å². The highest BCUT2D eigenvalue weighted by Crippen LogP contribution is 2.23. The predicted octanol–water partition coefficient (Wildman–Crippen LogP) is 2.12. The number of aryl methyl sites for hydroxylation is 1. The van der Waals surface area contributed by atoms with E-state index in [1.807, 2.05) is 6.92 Å². The van der Waals surface area contributed by atoms with Crippen LogP contribution in [0.3, 0.4) is 0 Å². The Labute approximate surface area is 124 Å². The third kappa shape index (κ3) is 3.58. The van der Waals surface area contributed by atoms with E-state index in [4.69, 9.17) is 0 Å². The van der Waals surface area contributed by atoms with Gasteiger partial charge in [-0.05, 0) is 50.9 Å². The Morgan fingerprint density at radius 1 is 1.38 bits per heavy atom. The number of nitrogens with one attached hydrogen (secondary N) is 1. The Kier molecular flexibility index (Phi) is 4.90. The fourth-order valence-corrected chi connectivity index (χ4v) is 2.72. The lowest BCUT2D eigenvalue weighted by Gasteiger charge is -2.27. The molecule has 21 heavy (non-hydrogen) atoms. The van der Waals surface area contributed by atoms with Crippen molar-refractivity contribution in [1.29, 1.82) is 0 Å². The molecule has 1 aromatic carbocycles. The molecule has 6 heteroatoms. The summed E-state index contributed by atoms with van der Waals surface area (Å²) in [6, 6.07) is 4.80. The SMILES string of the molecule is Cc1ccc([N+](=O)[O-])c(C(=O)N(C)C2CCCNCC2)c1. The van der Waals surface area contributed by atoms with Gasteiger partial charge in [0, 0.05) is 19.2 Å². The highest BCUT2D eigenvalue weighted by Gasteiger charge is 2.27. The average Bonchev–Trinajstić information content (AvgIpc) is 2.74. The molecule has 0 aromatic heterocycles. The summed E-state index contributed by atoms with van der Waals surface area (Å²) >= 11 is 0. The summed E-state index contributed by atoms with van der Waals surface area (Å²) < 4.78 is 0. The van der Waals surface area contributed by atoms with Crippen molar-refractivity contribution in [2.45, 2.75) is 32.2 Å². The standard InChI is InChI=1S/C15H21N3O3/c1-11-5-6-14(18(20)21)13(10-11)15(19)17(2)12-4-3-8-16-9-7-12/h5-6,10,12,16H,3-4,7-9H2,1-2H3. The van der Waals surface area contributed by atoms with Crippen LogP contribution in [0.15, 0.2) is 18.2 Å². The first-order chi connectivity index (χ1) is 10.0. The topological polar surface area (TPSA) is 75.5 Å². The number of carbonyl (C=O) groups is 1. The molecule has 0 spiro atoms. The van der Waals surface area contributed by atoms with Gasteiger partial charge in [0.05, 0.1) is 4.92 Å². The van der Waals surface area contributed by atoms with Gasteiger partial charge in [-0.15, -0.1) is 0 Å². The van der Waals surface area contributed by atoms with E-state index in [2.05, 4.69) is 5.32 Å². The highest BCUT2D eigenvalue weighted by molar-refractivity contribution is 5.98. The zero-order valence-corrected chi connectivity index (χ0v) is 12.5. The van der Waals surface area contributed by atoms with E-state index in [1.54, 1.807) is 24.1 Å². The Bertz CT molecular complexity index is 537. The first kappa shape index (κ1) is 15.4. The van der Waals surface area contributed by atoms with Gasteiger partial charge < -0.3 is 10.2 Å². The molecule has 1 aliphatic rings. The molecule has 1 saturated heterocycles. The highest BCUT2D eigenvalue weighted by atomic mass is 16.6. The third-order valence-corrected chi connectivity index (χ3v) is 3.99. The minimum atomic E-state index is -0.491. The van der Waals surface area contributed by atoms with Crippen molar-refractivity contribution >= 4 is 11.6 Å². The van der Waals surface area contributed by atoms with Crippen molar-refractivity contribution in [3.63, 3.8) is 0 Å². The van der Waals surface area contributed by atoms with Crippen molar-refractivity contribution < 1.29 is 9.72 Å². The zero-order valence-electron chi connectivity index (χ0n) is 12.5. The van der Waals surface area contributed by atoms with Crippen molar-refractivity contribution in [3.05, 3.63) is 39.4 Å². The van der Waals surface area contributed by atoms with Crippen molar-refractivity contribution in [2.75, 3.05) is 20.1 Å². The fraction of sp³-hybridized carbons (Fsp3) is 0.533. The molecule has 6 nitrogen and oxygen atoms in total. The lowest BCUT2D eigenvalue weighted by atomic mass is 10.0. The molecule has 1 aromatic rings.